The van der Waals surface area contributed by atoms with Gasteiger partial charge in [-0.15, -0.1) is 0 Å². The van der Waals surface area contributed by atoms with Gasteiger partial charge in [-0.2, -0.15) is 5.10 Å². The number of amides is 1. The molecule has 0 fully saturated rings. The van der Waals surface area contributed by atoms with Crippen LogP contribution in [0.4, 0.5) is 0 Å². The van der Waals surface area contributed by atoms with E-state index in [2.05, 4.69) is 42.4 Å². The first-order chi connectivity index (χ1) is 18.4. The zero-order chi connectivity index (χ0) is 26.9. The molecular weight excluding hydrogens is 616 g/mol. The van der Waals surface area contributed by atoms with Crippen LogP contribution in [0, 0.1) is 0 Å². The number of methoxy groups -OCH3 is 1. The van der Waals surface area contributed by atoms with Crippen molar-refractivity contribution in [3.8, 4) is 17.2 Å². The normalized spacial score (nSPS) is 10.7. The Balaban J connectivity index is 1.46. The van der Waals surface area contributed by atoms with Crippen LogP contribution in [0.15, 0.2) is 105 Å². The molecule has 192 valence electrons. The van der Waals surface area contributed by atoms with E-state index in [1.54, 1.807) is 67.8 Å². The molecule has 0 aliphatic heterocycles. The van der Waals surface area contributed by atoms with Gasteiger partial charge < -0.3 is 14.2 Å². The maximum absolute atomic E-state index is 13.0. The lowest BCUT2D eigenvalue weighted by Gasteiger charge is -2.11. The van der Waals surface area contributed by atoms with Crippen LogP contribution in [-0.2, 0) is 6.61 Å². The highest BCUT2D eigenvalue weighted by molar-refractivity contribution is 9.10. The average Bonchev–Trinajstić information content (AvgIpc) is 2.94. The van der Waals surface area contributed by atoms with Crippen LogP contribution in [-0.4, -0.2) is 25.2 Å². The van der Waals surface area contributed by atoms with Gasteiger partial charge >= 0.3 is 5.97 Å². The van der Waals surface area contributed by atoms with E-state index in [4.69, 9.17) is 14.2 Å². The summed E-state index contributed by atoms with van der Waals surface area (Å²) >= 11 is 6.81. The van der Waals surface area contributed by atoms with Crippen molar-refractivity contribution in [2.24, 2.45) is 5.10 Å². The van der Waals surface area contributed by atoms with E-state index >= 15 is 0 Å². The van der Waals surface area contributed by atoms with Gasteiger partial charge in [0.2, 0.25) is 0 Å². The van der Waals surface area contributed by atoms with E-state index < -0.39 is 11.9 Å². The average molecular weight is 638 g/mol. The first-order valence-corrected chi connectivity index (χ1v) is 13.0. The molecular formula is C29H22Br2N2O5. The number of hydrogen-bond acceptors (Lipinski definition) is 6. The first kappa shape index (κ1) is 27.1. The van der Waals surface area contributed by atoms with Crippen LogP contribution in [0.25, 0.3) is 0 Å². The second-order valence-electron chi connectivity index (χ2n) is 7.91. The number of benzene rings is 4. The van der Waals surface area contributed by atoms with Gasteiger partial charge in [-0.1, -0.05) is 62.2 Å². The van der Waals surface area contributed by atoms with Gasteiger partial charge in [-0.05, 0) is 66.2 Å². The summed E-state index contributed by atoms with van der Waals surface area (Å²) in [5, 5.41) is 4.09. The SMILES string of the molecule is COc1ccc(C(=O)Oc2ccc(Br)cc2/C=N/NC(=O)c2cc(Br)ccc2OCc2ccccc2)cc1. The van der Waals surface area contributed by atoms with Gasteiger partial charge in [0.15, 0.2) is 0 Å². The third-order valence-electron chi connectivity index (χ3n) is 5.29. The number of ether oxygens (including phenoxy) is 3. The topological polar surface area (TPSA) is 86.2 Å². The van der Waals surface area contributed by atoms with Crippen LogP contribution >= 0.6 is 31.9 Å². The van der Waals surface area contributed by atoms with E-state index in [9.17, 15) is 9.59 Å². The Bertz CT molecular complexity index is 1460. The van der Waals surface area contributed by atoms with Crippen molar-refractivity contribution >= 4 is 50.0 Å². The van der Waals surface area contributed by atoms with Crippen LogP contribution < -0.4 is 19.6 Å². The van der Waals surface area contributed by atoms with Gasteiger partial charge in [0, 0.05) is 14.5 Å². The maximum Gasteiger partial charge on any atom is 0.343 e. The molecule has 0 heterocycles. The quantitative estimate of drug-likeness (QED) is 0.0946. The first-order valence-electron chi connectivity index (χ1n) is 11.4. The summed E-state index contributed by atoms with van der Waals surface area (Å²) < 4.78 is 18.1. The number of esters is 1. The smallest absolute Gasteiger partial charge is 0.343 e. The third kappa shape index (κ3) is 7.30. The van der Waals surface area contributed by atoms with Crippen LogP contribution in [0.5, 0.6) is 17.2 Å². The van der Waals surface area contributed by atoms with Gasteiger partial charge in [-0.3, -0.25) is 4.79 Å². The largest absolute Gasteiger partial charge is 0.497 e. The highest BCUT2D eigenvalue weighted by Crippen LogP contribution is 2.25. The second-order valence-corrected chi connectivity index (χ2v) is 9.75. The van der Waals surface area contributed by atoms with Crippen molar-refractivity contribution in [3.63, 3.8) is 0 Å². The lowest BCUT2D eigenvalue weighted by Crippen LogP contribution is -2.19. The molecule has 0 aliphatic carbocycles. The zero-order valence-corrected chi connectivity index (χ0v) is 23.4. The van der Waals surface area contributed by atoms with Crippen molar-refractivity contribution < 1.29 is 23.8 Å². The van der Waals surface area contributed by atoms with Crippen molar-refractivity contribution in [3.05, 3.63) is 122 Å². The number of rotatable bonds is 9. The number of nitrogens with one attached hydrogen (secondary N) is 1. The fourth-order valence-electron chi connectivity index (χ4n) is 3.36. The summed E-state index contributed by atoms with van der Waals surface area (Å²) in [5.74, 6) is 0.330. The molecule has 7 nitrogen and oxygen atoms in total. The lowest BCUT2D eigenvalue weighted by molar-refractivity contribution is 0.0734. The summed E-state index contributed by atoms with van der Waals surface area (Å²) in [6.07, 6.45) is 1.40. The van der Waals surface area contributed by atoms with Crippen LogP contribution in [0.2, 0.25) is 0 Å². The van der Waals surface area contributed by atoms with Crippen molar-refractivity contribution in [2.75, 3.05) is 7.11 Å². The molecule has 0 atom stereocenters. The highest BCUT2D eigenvalue weighted by Gasteiger charge is 2.15. The molecule has 4 aromatic carbocycles. The number of hydrogen-bond donors (Lipinski definition) is 1. The molecule has 0 saturated carbocycles. The predicted octanol–water partition coefficient (Wildman–Crippen LogP) is 6.78. The standard InChI is InChI=1S/C29H22Br2N2O5/c1-36-24-11-7-20(8-12-24)29(35)38-26-13-9-22(30)15-21(26)17-32-33-28(34)25-16-23(31)10-14-27(25)37-18-19-5-3-2-4-6-19/h2-17H,18H2,1H3,(H,33,34)/b32-17+. The van der Waals surface area contributed by atoms with Gasteiger partial charge in [0.25, 0.3) is 5.91 Å². The van der Waals surface area contributed by atoms with Gasteiger partial charge in [0.05, 0.1) is 24.5 Å². The predicted molar refractivity (Wildman–Crippen MR) is 152 cm³/mol. The van der Waals surface area contributed by atoms with Crippen molar-refractivity contribution in [2.45, 2.75) is 6.61 Å². The number of nitrogens with zero attached hydrogens (tertiary/aromatic N) is 1. The van der Waals surface area contributed by atoms with Crippen molar-refractivity contribution in [1.29, 1.82) is 0 Å². The zero-order valence-electron chi connectivity index (χ0n) is 20.2. The molecule has 1 amide bonds. The van der Waals surface area contributed by atoms with E-state index in [-0.39, 0.29) is 5.75 Å². The minimum atomic E-state index is -0.539. The molecule has 38 heavy (non-hydrogen) atoms. The molecule has 0 spiro atoms. The Morgan fingerprint density at radius 1 is 0.868 bits per heavy atom. The molecule has 4 aromatic rings. The van der Waals surface area contributed by atoms with E-state index in [1.165, 1.54) is 6.21 Å². The Hall–Kier alpha value is -3.95. The van der Waals surface area contributed by atoms with E-state index in [0.29, 0.717) is 34.8 Å². The molecule has 0 radical (unpaired) electrons. The van der Waals surface area contributed by atoms with Gasteiger partial charge in [-0.25, -0.2) is 10.2 Å². The molecule has 0 unspecified atom stereocenters. The number of halogens is 2. The highest BCUT2D eigenvalue weighted by atomic mass is 79.9. The second kappa shape index (κ2) is 13.0. The Morgan fingerprint density at radius 2 is 1.55 bits per heavy atom. The number of hydrazone groups is 1. The number of carbonyl (C=O) groups is 2. The lowest BCUT2D eigenvalue weighted by atomic mass is 10.2. The van der Waals surface area contributed by atoms with Crippen LogP contribution in [0.1, 0.15) is 31.8 Å². The number of carbonyl (C=O) groups excluding carboxylic acids is 2. The molecule has 0 saturated heterocycles. The summed E-state index contributed by atoms with van der Waals surface area (Å²) in [6, 6.07) is 26.5. The maximum atomic E-state index is 13.0. The Labute approximate surface area is 236 Å². The minimum Gasteiger partial charge on any atom is -0.497 e. The third-order valence-corrected chi connectivity index (χ3v) is 6.28. The summed E-state index contributed by atoms with van der Waals surface area (Å²) in [4.78, 5) is 25.6. The summed E-state index contributed by atoms with van der Waals surface area (Å²) in [7, 11) is 1.55. The summed E-state index contributed by atoms with van der Waals surface area (Å²) in [5.41, 5.74) is 4.65. The Kier molecular flexibility index (Phi) is 9.29. The fraction of sp³-hybridized carbons (Fsp3) is 0.0690. The van der Waals surface area contributed by atoms with Crippen molar-refractivity contribution in [1.82, 2.24) is 5.43 Å². The van der Waals surface area contributed by atoms with Crippen LogP contribution in [0.3, 0.4) is 0 Å². The molecule has 1 N–H and O–H groups in total. The molecule has 9 heteroatoms. The van der Waals surface area contributed by atoms with E-state index in [0.717, 1.165) is 14.5 Å². The molecule has 0 bridgehead atoms. The molecule has 4 rings (SSSR count). The summed E-state index contributed by atoms with van der Waals surface area (Å²) in [6.45, 7) is 0.312. The molecule has 0 aromatic heterocycles. The monoisotopic (exact) mass is 636 g/mol. The fourth-order valence-corrected chi connectivity index (χ4v) is 4.10. The minimum absolute atomic E-state index is 0.279. The molecule has 0 aliphatic rings. The van der Waals surface area contributed by atoms with E-state index in [1.807, 2.05) is 30.3 Å². The Morgan fingerprint density at radius 3 is 2.26 bits per heavy atom. The van der Waals surface area contributed by atoms with Gasteiger partial charge in [0.1, 0.15) is 23.9 Å².